The summed E-state index contributed by atoms with van der Waals surface area (Å²) in [5.74, 6) is 0. The summed E-state index contributed by atoms with van der Waals surface area (Å²) in [4.78, 5) is 2.02. The number of benzene rings is 2. The Balaban J connectivity index is 2.44. The van der Waals surface area contributed by atoms with Crippen LogP contribution in [0.2, 0.25) is 0 Å². The zero-order valence-electron chi connectivity index (χ0n) is 11.2. The molecular formula is C16H17N3. The smallest absolute Gasteiger partial charge is 0.101 e. The van der Waals surface area contributed by atoms with Crippen LogP contribution >= 0.6 is 0 Å². The van der Waals surface area contributed by atoms with Crippen LogP contribution in [0.4, 0.5) is 11.4 Å². The van der Waals surface area contributed by atoms with Gasteiger partial charge in [0.15, 0.2) is 0 Å². The minimum atomic E-state index is 0.448. The lowest BCUT2D eigenvalue weighted by Gasteiger charge is -2.21. The van der Waals surface area contributed by atoms with Crippen molar-refractivity contribution in [3.05, 3.63) is 59.2 Å². The number of rotatable bonds is 3. The Morgan fingerprint density at radius 1 is 1.21 bits per heavy atom. The third-order valence-corrected chi connectivity index (χ3v) is 3.17. The molecule has 0 atom stereocenters. The maximum absolute atomic E-state index is 9.27. The average Bonchev–Trinajstić information content (AvgIpc) is 2.45. The van der Waals surface area contributed by atoms with Crippen molar-refractivity contribution < 1.29 is 0 Å². The molecule has 0 saturated carbocycles. The van der Waals surface area contributed by atoms with Gasteiger partial charge in [0.05, 0.1) is 11.3 Å². The molecule has 0 unspecified atom stereocenters. The number of nitrogens with zero attached hydrogens (tertiary/aromatic N) is 2. The molecule has 0 radical (unpaired) electrons. The van der Waals surface area contributed by atoms with Crippen molar-refractivity contribution in [2.45, 2.75) is 13.5 Å². The molecule has 0 amide bonds. The summed E-state index contributed by atoms with van der Waals surface area (Å²) in [6.45, 7) is 2.50. The zero-order valence-corrected chi connectivity index (χ0v) is 11.2. The van der Waals surface area contributed by atoms with E-state index in [1.165, 1.54) is 5.56 Å². The molecule has 19 heavy (non-hydrogen) atoms. The van der Waals surface area contributed by atoms with Crippen LogP contribution in [0.15, 0.2) is 42.5 Å². The maximum atomic E-state index is 9.27. The van der Waals surface area contributed by atoms with Gasteiger partial charge in [0.2, 0.25) is 0 Å². The first-order valence-corrected chi connectivity index (χ1v) is 6.19. The number of hydrogen-bond acceptors (Lipinski definition) is 3. The van der Waals surface area contributed by atoms with Crippen molar-refractivity contribution in [1.29, 1.82) is 5.26 Å². The van der Waals surface area contributed by atoms with Crippen LogP contribution < -0.4 is 10.6 Å². The topological polar surface area (TPSA) is 53.0 Å². The second-order valence-corrected chi connectivity index (χ2v) is 4.57. The molecule has 2 aromatic rings. The van der Waals surface area contributed by atoms with Crippen molar-refractivity contribution in [1.82, 2.24) is 0 Å². The minimum Gasteiger partial charge on any atom is -0.344 e. The SMILES string of the molecule is Cc1cccc(N(C)c2ccc(CN)cc2C#N)c1. The maximum Gasteiger partial charge on any atom is 0.101 e. The summed E-state index contributed by atoms with van der Waals surface area (Å²) >= 11 is 0. The first-order valence-electron chi connectivity index (χ1n) is 6.19. The molecule has 0 heterocycles. The summed E-state index contributed by atoms with van der Waals surface area (Å²) in [5, 5.41) is 9.27. The monoisotopic (exact) mass is 251 g/mol. The highest BCUT2D eigenvalue weighted by Gasteiger charge is 2.09. The number of hydrogen-bond donors (Lipinski definition) is 1. The number of anilines is 2. The van der Waals surface area contributed by atoms with Gasteiger partial charge in [-0.25, -0.2) is 0 Å². The predicted molar refractivity (Wildman–Crippen MR) is 78.3 cm³/mol. The highest BCUT2D eigenvalue weighted by molar-refractivity contribution is 5.69. The second kappa shape index (κ2) is 5.55. The van der Waals surface area contributed by atoms with Crippen molar-refractivity contribution >= 4 is 11.4 Å². The fourth-order valence-corrected chi connectivity index (χ4v) is 2.07. The van der Waals surface area contributed by atoms with Gasteiger partial charge in [0.25, 0.3) is 0 Å². The molecule has 3 heteroatoms. The van der Waals surface area contributed by atoms with E-state index in [0.29, 0.717) is 12.1 Å². The van der Waals surface area contributed by atoms with E-state index in [-0.39, 0.29) is 0 Å². The van der Waals surface area contributed by atoms with Gasteiger partial charge in [-0.3, -0.25) is 0 Å². The molecular weight excluding hydrogens is 234 g/mol. The van der Waals surface area contributed by atoms with Gasteiger partial charge in [0.1, 0.15) is 6.07 Å². The Morgan fingerprint density at radius 3 is 2.63 bits per heavy atom. The molecule has 3 nitrogen and oxygen atoms in total. The number of aryl methyl sites for hydroxylation is 1. The zero-order chi connectivity index (χ0) is 13.8. The molecule has 0 saturated heterocycles. The summed E-state index contributed by atoms with van der Waals surface area (Å²) < 4.78 is 0. The van der Waals surface area contributed by atoms with Crippen molar-refractivity contribution in [3.8, 4) is 6.07 Å². The van der Waals surface area contributed by atoms with Crippen LogP contribution in [0.1, 0.15) is 16.7 Å². The Hall–Kier alpha value is -2.31. The van der Waals surface area contributed by atoms with Gasteiger partial charge in [-0.15, -0.1) is 0 Å². The molecule has 0 aliphatic rings. The van der Waals surface area contributed by atoms with Crippen molar-refractivity contribution in [2.24, 2.45) is 5.73 Å². The van der Waals surface area contributed by atoms with Crippen LogP contribution in [0.25, 0.3) is 0 Å². The molecule has 0 aliphatic carbocycles. The van der Waals surface area contributed by atoms with E-state index in [2.05, 4.69) is 25.1 Å². The average molecular weight is 251 g/mol. The van der Waals surface area contributed by atoms with Gasteiger partial charge in [-0.2, -0.15) is 5.26 Å². The molecule has 0 bridgehead atoms. The van der Waals surface area contributed by atoms with Crippen LogP contribution in [-0.4, -0.2) is 7.05 Å². The van der Waals surface area contributed by atoms with E-state index >= 15 is 0 Å². The van der Waals surface area contributed by atoms with E-state index in [1.54, 1.807) is 0 Å². The lowest BCUT2D eigenvalue weighted by molar-refractivity contribution is 1.06. The van der Waals surface area contributed by atoms with Crippen molar-refractivity contribution in [3.63, 3.8) is 0 Å². The van der Waals surface area contributed by atoms with Crippen LogP contribution in [0, 0.1) is 18.3 Å². The van der Waals surface area contributed by atoms with E-state index in [1.807, 2.05) is 42.3 Å². The van der Waals surface area contributed by atoms with E-state index < -0.39 is 0 Å². The molecule has 2 aromatic carbocycles. The summed E-state index contributed by atoms with van der Waals surface area (Å²) in [7, 11) is 1.97. The predicted octanol–water partition coefficient (Wildman–Crippen LogP) is 3.09. The van der Waals surface area contributed by atoms with Crippen molar-refractivity contribution in [2.75, 3.05) is 11.9 Å². The normalized spacial score (nSPS) is 10.0. The third kappa shape index (κ3) is 2.75. The molecule has 2 rings (SSSR count). The Morgan fingerprint density at radius 2 is 2.00 bits per heavy atom. The molecule has 0 aliphatic heterocycles. The third-order valence-electron chi connectivity index (χ3n) is 3.17. The highest BCUT2D eigenvalue weighted by atomic mass is 15.1. The molecule has 2 N–H and O–H groups in total. The standard InChI is InChI=1S/C16H17N3/c1-12-4-3-5-15(8-12)19(2)16-7-6-13(10-17)9-14(16)11-18/h3-9H,10,17H2,1-2H3. The lowest BCUT2D eigenvalue weighted by atomic mass is 10.1. The largest absolute Gasteiger partial charge is 0.344 e. The summed E-state index contributed by atoms with van der Waals surface area (Å²) in [6, 6.07) is 16.2. The van der Waals surface area contributed by atoms with Crippen LogP contribution in [0.5, 0.6) is 0 Å². The Kier molecular flexibility index (Phi) is 3.84. The van der Waals surface area contributed by atoms with Gasteiger partial charge < -0.3 is 10.6 Å². The van der Waals surface area contributed by atoms with E-state index in [9.17, 15) is 5.26 Å². The van der Waals surface area contributed by atoms with E-state index in [0.717, 1.165) is 16.9 Å². The highest BCUT2D eigenvalue weighted by Crippen LogP contribution is 2.27. The van der Waals surface area contributed by atoms with Gasteiger partial charge in [-0.1, -0.05) is 18.2 Å². The fraction of sp³-hybridized carbons (Fsp3) is 0.188. The first-order chi connectivity index (χ1) is 9.15. The summed E-state index contributed by atoms with van der Waals surface area (Å²) in [6.07, 6.45) is 0. The quantitative estimate of drug-likeness (QED) is 0.912. The molecule has 96 valence electrons. The lowest BCUT2D eigenvalue weighted by Crippen LogP contribution is -2.11. The minimum absolute atomic E-state index is 0.448. The van der Waals surface area contributed by atoms with Gasteiger partial charge in [-0.05, 0) is 42.3 Å². The van der Waals surface area contributed by atoms with Crippen LogP contribution in [0.3, 0.4) is 0 Å². The fourth-order valence-electron chi connectivity index (χ4n) is 2.07. The van der Waals surface area contributed by atoms with Gasteiger partial charge in [0, 0.05) is 19.3 Å². The molecule has 0 spiro atoms. The van der Waals surface area contributed by atoms with Gasteiger partial charge >= 0.3 is 0 Å². The first kappa shape index (κ1) is 13.1. The van der Waals surface area contributed by atoms with E-state index in [4.69, 9.17) is 5.73 Å². The Bertz CT molecular complexity index is 626. The Labute approximate surface area is 113 Å². The van der Waals surface area contributed by atoms with Crippen LogP contribution in [-0.2, 0) is 6.54 Å². The molecule has 0 fully saturated rings. The summed E-state index contributed by atoms with van der Waals surface area (Å²) in [5.41, 5.74) is 10.4. The number of nitriles is 1. The number of nitrogens with two attached hydrogens (primary N) is 1. The molecule has 0 aromatic heterocycles. The second-order valence-electron chi connectivity index (χ2n) is 4.57.